The summed E-state index contributed by atoms with van der Waals surface area (Å²) in [6.07, 6.45) is -10.8. The zero-order chi connectivity index (χ0) is 42.9. The van der Waals surface area contributed by atoms with E-state index in [4.69, 9.17) is 27.9 Å². The molecular formula is C43H50N2O14S. The fourth-order valence-electron chi connectivity index (χ4n) is 7.22. The maximum absolute atomic E-state index is 14.5. The van der Waals surface area contributed by atoms with E-state index in [1.165, 1.54) is 0 Å². The number of urea groups is 1. The first-order valence-corrected chi connectivity index (χ1v) is 21.0. The number of hydrogen-bond donors (Lipinski definition) is 4. The molecule has 6 rings (SSSR count). The summed E-state index contributed by atoms with van der Waals surface area (Å²) >= 11 is 0. The van der Waals surface area contributed by atoms with E-state index in [9.17, 15) is 38.4 Å². The van der Waals surface area contributed by atoms with E-state index in [-0.39, 0.29) is 33.0 Å². The van der Waals surface area contributed by atoms with Crippen molar-refractivity contribution >= 4 is 22.1 Å². The average Bonchev–Trinajstić information content (AvgIpc) is 3.55. The molecule has 0 spiro atoms. The Morgan fingerprint density at radius 3 is 1.75 bits per heavy atom. The molecule has 2 saturated heterocycles. The lowest BCUT2D eigenvalue weighted by atomic mass is 9.82. The topological polar surface area (TPSA) is 211 Å². The van der Waals surface area contributed by atoms with E-state index < -0.39 is 83.5 Å². The molecule has 17 heteroatoms. The number of rotatable bonds is 20. The molecule has 0 bridgehead atoms. The van der Waals surface area contributed by atoms with Gasteiger partial charge in [0.2, 0.25) is 0 Å². The molecule has 3 amide bonds. The van der Waals surface area contributed by atoms with Crippen LogP contribution in [0.25, 0.3) is 0 Å². The van der Waals surface area contributed by atoms with Gasteiger partial charge in [0, 0.05) is 0 Å². The van der Waals surface area contributed by atoms with Crippen LogP contribution in [-0.4, -0.2) is 125 Å². The Balaban J connectivity index is 1.45. The molecule has 0 radical (unpaired) electrons. The standard InChI is InChI=1S/C43H50N2O14S/c1-42(51)39(48)44(29-55-25-31-17-9-4-10-18-31)41(50)45(40(42)49)38-37(59-60(2,52)53)43(35(47)23-46,57-27-33-21-13-6-14-22-33)36(58-38)34(56-26-32-19-11-5-12-20-32)28-54-24-30-15-7-3-8-16-30/h3-22,34-38,40,46-47,49,51H,23-29H2,1-2H3/t34-,35?,36-,37+,38-,40?,42?,43-/m1/s1. The minimum Gasteiger partial charge on any atom is -0.394 e. The Morgan fingerprint density at radius 1 is 0.767 bits per heavy atom. The number of nitrogens with zero attached hydrogens (tertiary/aromatic N) is 2. The Hall–Kier alpha value is -4.63. The van der Waals surface area contributed by atoms with Crippen LogP contribution in [-0.2, 0) is 69.2 Å². The number of carbonyl (C=O) groups excluding carboxylic acids is 2. The van der Waals surface area contributed by atoms with Crippen molar-refractivity contribution in [3.05, 3.63) is 144 Å². The van der Waals surface area contributed by atoms with Gasteiger partial charge in [-0.1, -0.05) is 121 Å². The predicted octanol–water partition coefficient (Wildman–Crippen LogP) is 2.68. The molecule has 0 saturated carbocycles. The van der Waals surface area contributed by atoms with Crippen LogP contribution >= 0.6 is 0 Å². The molecule has 4 aromatic carbocycles. The lowest BCUT2D eigenvalue weighted by Gasteiger charge is -2.48. The zero-order valence-corrected chi connectivity index (χ0v) is 34.0. The smallest absolute Gasteiger partial charge is 0.333 e. The second-order valence-corrected chi connectivity index (χ2v) is 16.3. The molecule has 60 heavy (non-hydrogen) atoms. The maximum Gasteiger partial charge on any atom is 0.333 e. The van der Waals surface area contributed by atoms with E-state index >= 15 is 0 Å². The van der Waals surface area contributed by atoms with Gasteiger partial charge in [0.05, 0.1) is 45.9 Å². The largest absolute Gasteiger partial charge is 0.394 e. The highest BCUT2D eigenvalue weighted by Gasteiger charge is 2.70. The molecule has 2 aliphatic heterocycles. The Bertz CT molecular complexity index is 2100. The second-order valence-electron chi connectivity index (χ2n) is 14.7. The SMILES string of the molecule is CC1(O)C(=O)N(COCc2ccccc2)C(=O)N([C@@H]2O[C@H]([C@@H](COCc3ccccc3)OCc3ccccc3)[C@](OCc3ccccc3)(C(O)CO)[C@H]2OS(C)(=O)=O)C1O. The number of benzene rings is 4. The van der Waals surface area contributed by atoms with E-state index in [1.807, 2.05) is 36.4 Å². The van der Waals surface area contributed by atoms with Gasteiger partial charge in [-0.05, 0) is 29.2 Å². The van der Waals surface area contributed by atoms with Gasteiger partial charge in [0.25, 0.3) is 16.0 Å². The molecule has 4 N–H and O–H groups in total. The van der Waals surface area contributed by atoms with Crippen LogP contribution in [0.5, 0.6) is 0 Å². The summed E-state index contributed by atoms with van der Waals surface area (Å²) in [4.78, 5) is 29.2. The molecule has 4 aromatic rings. The highest BCUT2D eigenvalue weighted by molar-refractivity contribution is 7.86. The lowest BCUT2D eigenvalue weighted by molar-refractivity contribution is -0.228. The van der Waals surface area contributed by atoms with Crippen molar-refractivity contribution in [2.75, 3.05) is 26.2 Å². The number of amides is 3. The van der Waals surface area contributed by atoms with Crippen LogP contribution in [0.1, 0.15) is 29.2 Å². The van der Waals surface area contributed by atoms with Crippen LogP contribution < -0.4 is 0 Å². The first-order chi connectivity index (χ1) is 28.8. The molecule has 8 atom stereocenters. The summed E-state index contributed by atoms with van der Waals surface area (Å²) in [7, 11) is -4.58. The van der Waals surface area contributed by atoms with Gasteiger partial charge in [-0.15, -0.1) is 0 Å². The quantitative estimate of drug-likeness (QED) is 0.0943. The highest BCUT2D eigenvalue weighted by atomic mass is 32.2. The number of aliphatic hydroxyl groups excluding tert-OH is 3. The normalized spacial score (nSPS) is 25.7. The second kappa shape index (κ2) is 19.8. The van der Waals surface area contributed by atoms with E-state index in [0.717, 1.165) is 18.7 Å². The zero-order valence-electron chi connectivity index (χ0n) is 33.1. The third-order valence-electron chi connectivity index (χ3n) is 10.3. The summed E-state index contributed by atoms with van der Waals surface area (Å²) in [6, 6.07) is 34.4. The van der Waals surface area contributed by atoms with Crippen molar-refractivity contribution in [3.8, 4) is 0 Å². The van der Waals surface area contributed by atoms with Crippen molar-refractivity contribution in [1.29, 1.82) is 0 Å². The molecule has 2 aliphatic rings. The van der Waals surface area contributed by atoms with Crippen LogP contribution in [0.4, 0.5) is 4.79 Å². The van der Waals surface area contributed by atoms with Gasteiger partial charge in [0.1, 0.15) is 25.0 Å². The van der Waals surface area contributed by atoms with E-state index in [0.29, 0.717) is 26.5 Å². The van der Waals surface area contributed by atoms with Crippen LogP contribution in [0.2, 0.25) is 0 Å². The number of carbonyl (C=O) groups is 2. The molecule has 16 nitrogen and oxygen atoms in total. The molecule has 0 aromatic heterocycles. The van der Waals surface area contributed by atoms with Crippen molar-refractivity contribution in [2.24, 2.45) is 0 Å². The van der Waals surface area contributed by atoms with Crippen molar-refractivity contribution in [3.63, 3.8) is 0 Å². The van der Waals surface area contributed by atoms with Gasteiger partial charge < -0.3 is 44.1 Å². The fraction of sp³-hybridized carbons (Fsp3) is 0.395. The van der Waals surface area contributed by atoms with Gasteiger partial charge in [0.15, 0.2) is 29.8 Å². The highest BCUT2D eigenvalue weighted by Crippen LogP contribution is 2.46. The third kappa shape index (κ3) is 10.3. The fourth-order valence-corrected chi connectivity index (χ4v) is 7.84. The minimum atomic E-state index is -4.58. The minimum absolute atomic E-state index is 0.0487. The molecule has 2 heterocycles. The molecule has 0 aliphatic carbocycles. The number of aliphatic hydroxyl groups is 4. The van der Waals surface area contributed by atoms with Gasteiger partial charge >= 0.3 is 6.03 Å². The summed E-state index contributed by atoms with van der Waals surface area (Å²) in [5, 5.41) is 46.0. The third-order valence-corrected chi connectivity index (χ3v) is 10.8. The molecular weight excluding hydrogens is 801 g/mol. The maximum atomic E-state index is 14.5. The predicted molar refractivity (Wildman–Crippen MR) is 213 cm³/mol. The summed E-state index contributed by atoms with van der Waals surface area (Å²) in [6.45, 7) is -1.42. The average molecular weight is 851 g/mol. The first-order valence-electron chi connectivity index (χ1n) is 19.2. The number of hydrogen-bond acceptors (Lipinski definition) is 14. The summed E-state index contributed by atoms with van der Waals surface area (Å²) in [5.74, 6) is -1.22. The van der Waals surface area contributed by atoms with Crippen LogP contribution in [0, 0.1) is 0 Å². The monoisotopic (exact) mass is 850 g/mol. The number of imide groups is 1. The van der Waals surface area contributed by atoms with Gasteiger partial charge in [-0.3, -0.25) is 13.9 Å². The first kappa shape index (κ1) is 44.9. The van der Waals surface area contributed by atoms with Crippen molar-refractivity contribution in [1.82, 2.24) is 9.80 Å². The Kier molecular flexibility index (Phi) is 14.8. The van der Waals surface area contributed by atoms with Crippen molar-refractivity contribution < 1.29 is 66.3 Å². The van der Waals surface area contributed by atoms with E-state index in [1.54, 1.807) is 84.9 Å². The molecule has 2 fully saturated rings. The molecule has 322 valence electrons. The van der Waals surface area contributed by atoms with E-state index in [2.05, 4.69) is 0 Å². The van der Waals surface area contributed by atoms with Crippen LogP contribution in [0.15, 0.2) is 121 Å². The number of ether oxygens (including phenoxy) is 5. The Labute approximate surface area is 348 Å². The lowest BCUT2D eigenvalue weighted by Crippen LogP contribution is -2.73. The molecule has 3 unspecified atom stereocenters. The van der Waals surface area contributed by atoms with Gasteiger partial charge in [-0.25, -0.2) is 9.69 Å². The van der Waals surface area contributed by atoms with Crippen LogP contribution in [0.3, 0.4) is 0 Å². The van der Waals surface area contributed by atoms with Crippen molar-refractivity contribution in [2.45, 2.75) is 81.4 Å². The summed E-state index contributed by atoms with van der Waals surface area (Å²) < 4.78 is 63.7. The Morgan fingerprint density at radius 2 is 1.25 bits per heavy atom. The van der Waals surface area contributed by atoms with Gasteiger partial charge in [-0.2, -0.15) is 8.42 Å². The summed E-state index contributed by atoms with van der Waals surface area (Å²) in [5.41, 5.74) is -2.40.